The van der Waals surface area contributed by atoms with Crippen LogP contribution in [0.1, 0.15) is 23.7 Å². The summed E-state index contributed by atoms with van der Waals surface area (Å²) in [5.74, 6) is -0.410. The van der Waals surface area contributed by atoms with Gasteiger partial charge in [-0.15, -0.1) is 0 Å². The van der Waals surface area contributed by atoms with E-state index in [1.54, 1.807) is 36.4 Å². The van der Waals surface area contributed by atoms with Crippen LogP contribution in [-0.2, 0) is 9.53 Å². The van der Waals surface area contributed by atoms with E-state index in [1.807, 2.05) is 0 Å². The fourth-order valence-electron chi connectivity index (χ4n) is 3.59. The van der Waals surface area contributed by atoms with Crippen LogP contribution in [0.15, 0.2) is 48.5 Å². The number of aliphatic hydroxyl groups is 1. The van der Waals surface area contributed by atoms with Crippen LogP contribution >= 0.6 is 0 Å². The number of nitrogens with zero attached hydrogens (tertiary/aromatic N) is 1. The number of para-hydroxylation sites is 1. The third-order valence-electron chi connectivity index (χ3n) is 5.28. The Kier molecular flexibility index (Phi) is 8.62. The number of hydrogen-bond donors (Lipinski definition) is 2. The van der Waals surface area contributed by atoms with Crippen molar-refractivity contribution >= 4 is 11.9 Å². The number of halogens is 1. The first-order valence-corrected chi connectivity index (χ1v) is 10.8. The lowest BCUT2D eigenvalue weighted by Crippen LogP contribution is -2.39. The molecule has 0 aromatic heterocycles. The van der Waals surface area contributed by atoms with E-state index in [-0.39, 0.29) is 24.1 Å². The maximum absolute atomic E-state index is 13.0. The third kappa shape index (κ3) is 7.16. The molecule has 0 radical (unpaired) electrons. The Morgan fingerprint density at radius 2 is 1.94 bits per heavy atom. The summed E-state index contributed by atoms with van der Waals surface area (Å²) in [5.41, 5.74) is 0.259. The number of hydrogen-bond acceptors (Lipinski definition) is 7. The molecule has 0 aliphatic carbocycles. The molecule has 8 nitrogen and oxygen atoms in total. The van der Waals surface area contributed by atoms with Crippen molar-refractivity contribution in [1.82, 2.24) is 10.2 Å². The Bertz CT molecular complexity index is 939. The zero-order chi connectivity index (χ0) is 23.8. The molecule has 1 heterocycles. The van der Waals surface area contributed by atoms with Gasteiger partial charge < -0.3 is 24.6 Å². The third-order valence-corrected chi connectivity index (χ3v) is 5.28. The van der Waals surface area contributed by atoms with Crippen LogP contribution in [0.3, 0.4) is 0 Å². The number of esters is 1. The summed E-state index contributed by atoms with van der Waals surface area (Å²) < 4.78 is 29.2. The number of benzene rings is 2. The second kappa shape index (κ2) is 11.6. The molecule has 33 heavy (non-hydrogen) atoms. The van der Waals surface area contributed by atoms with Gasteiger partial charge in [0.15, 0.2) is 0 Å². The van der Waals surface area contributed by atoms with E-state index in [4.69, 9.17) is 9.47 Å². The lowest BCUT2D eigenvalue weighted by Gasteiger charge is -2.21. The first-order valence-electron chi connectivity index (χ1n) is 10.8. The smallest absolute Gasteiger partial charge is 0.328 e. The molecule has 3 unspecified atom stereocenters. The average Bonchev–Trinajstić information content (AvgIpc) is 3.25. The normalized spacial score (nSPS) is 17.8. The number of methoxy groups -OCH3 is 1. The number of nitrogens with one attached hydrogen (secondary N) is 1. The van der Waals surface area contributed by atoms with Crippen molar-refractivity contribution in [2.75, 3.05) is 33.4 Å². The fourth-order valence-corrected chi connectivity index (χ4v) is 3.59. The van der Waals surface area contributed by atoms with Crippen LogP contribution in [0.2, 0.25) is 0 Å². The van der Waals surface area contributed by atoms with Gasteiger partial charge in [0.25, 0.3) is 5.91 Å². The maximum atomic E-state index is 13.0. The van der Waals surface area contributed by atoms with Gasteiger partial charge in [-0.3, -0.25) is 9.69 Å². The van der Waals surface area contributed by atoms with E-state index < -0.39 is 24.0 Å². The molecule has 3 rings (SSSR count). The van der Waals surface area contributed by atoms with Gasteiger partial charge in [0.1, 0.15) is 42.2 Å². The van der Waals surface area contributed by atoms with Crippen LogP contribution in [0.4, 0.5) is 4.39 Å². The molecule has 1 aliphatic rings. The summed E-state index contributed by atoms with van der Waals surface area (Å²) in [7, 11) is 1.25. The highest BCUT2D eigenvalue weighted by molar-refractivity contribution is 5.98. The van der Waals surface area contributed by atoms with Crippen LogP contribution in [0.5, 0.6) is 11.5 Å². The van der Waals surface area contributed by atoms with Crippen LogP contribution in [0.25, 0.3) is 0 Å². The van der Waals surface area contributed by atoms with E-state index in [9.17, 15) is 19.1 Å². The van der Waals surface area contributed by atoms with E-state index >= 15 is 0 Å². The highest BCUT2D eigenvalue weighted by atomic mass is 19.1. The molecule has 2 aromatic carbocycles. The van der Waals surface area contributed by atoms with Crippen LogP contribution in [-0.4, -0.2) is 73.5 Å². The van der Waals surface area contributed by atoms with Gasteiger partial charge in [-0.25, -0.2) is 9.18 Å². The maximum Gasteiger partial charge on any atom is 0.328 e. The van der Waals surface area contributed by atoms with E-state index in [0.29, 0.717) is 24.6 Å². The highest BCUT2D eigenvalue weighted by Gasteiger charge is 2.26. The van der Waals surface area contributed by atoms with Crippen molar-refractivity contribution in [1.29, 1.82) is 0 Å². The molecule has 9 heteroatoms. The number of carbonyl (C=O) groups excluding carboxylic acids is 2. The molecule has 1 fully saturated rings. The first-order chi connectivity index (χ1) is 15.9. The monoisotopic (exact) mass is 460 g/mol. The molecular formula is C24H29FN2O6. The molecule has 1 saturated heterocycles. The zero-order valence-corrected chi connectivity index (χ0v) is 18.7. The number of carbonyl (C=O) groups is 2. The quantitative estimate of drug-likeness (QED) is 0.524. The average molecular weight is 461 g/mol. The number of ether oxygens (including phenoxy) is 3. The standard InChI is InChI=1S/C24H29FN2O6/c1-16(24(30)31-2)26-23(29)21-5-3-4-6-22(21)32-15-18(28)13-27-12-11-20(14-27)33-19-9-7-17(25)8-10-19/h3-10,16,18,20,28H,11-15H2,1-2H3,(H,26,29). The largest absolute Gasteiger partial charge is 0.490 e. The number of rotatable bonds is 10. The first kappa shape index (κ1) is 24.5. The number of aliphatic hydroxyl groups excluding tert-OH is 1. The molecular weight excluding hydrogens is 431 g/mol. The summed E-state index contributed by atoms with van der Waals surface area (Å²) in [5, 5.41) is 13.0. The van der Waals surface area contributed by atoms with Gasteiger partial charge in [0, 0.05) is 19.6 Å². The molecule has 2 aromatic rings. The van der Waals surface area contributed by atoms with Crippen molar-refractivity contribution in [3.63, 3.8) is 0 Å². The molecule has 1 aliphatic heterocycles. The summed E-state index contributed by atoms with van der Waals surface area (Å²) >= 11 is 0. The van der Waals surface area contributed by atoms with Crippen molar-refractivity contribution in [2.45, 2.75) is 31.6 Å². The molecule has 0 spiro atoms. The molecule has 0 saturated carbocycles. The summed E-state index contributed by atoms with van der Waals surface area (Å²) in [6, 6.07) is 11.7. The molecule has 1 amide bonds. The number of amides is 1. The van der Waals surface area contributed by atoms with Gasteiger partial charge in [0.2, 0.25) is 0 Å². The Labute approximate surface area is 192 Å². The van der Waals surface area contributed by atoms with Crippen molar-refractivity contribution < 1.29 is 33.3 Å². The number of likely N-dealkylation sites (tertiary alicyclic amines) is 1. The van der Waals surface area contributed by atoms with Gasteiger partial charge in [-0.1, -0.05) is 12.1 Å². The molecule has 2 N–H and O–H groups in total. The van der Waals surface area contributed by atoms with Gasteiger partial charge in [-0.05, 0) is 49.7 Å². The summed E-state index contributed by atoms with van der Waals surface area (Å²) in [4.78, 5) is 26.1. The van der Waals surface area contributed by atoms with Crippen molar-refractivity contribution in [3.05, 3.63) is 59.9 Å². The van der Waals surface area contributed by atoms with Crippen LogP contribution < -0.4 is 14.8 Å². The zero-order valence-electron chi connectivity index (χ0n) is 18.7. The molecule has 178 valence electrons. The Morgan fingerprint density at radius 1 is 1.21 bits per heavy atom. The molecule has 0 bridgehead atoms. The predicted octanol–water partition coefficient (Wildman–Crippen LogP) is 2.01. The van der Waals surface area contributed by atoms with Gasteiger partial charge >= 0.3 is 5.97 Å². The second-order valence-corrected chi connectivity index (χ2v) is 7.92. The van der Waals surface area contributed by atoms with E-state index in [0.717, 1.165) is 13.0 Å². The SMILES string of the molecule is COC(=O)C(C)NC(=O)c1ccccc1OCC(O)CN1CCC(Oc2ccc(F)cc2)C1. The lowest BCUT2D eigenvalue weighted by molar-refractivity contribution is -0.142. The summed E-state index contributed by atoms with van der Waals surface area (Å²) in [6.45, 7) is 3.31. The Hall–Kier alpha value is -3.17. The number of β-amino-alcohol motifs (C(OH)–C–C–N with tert-alkyl or cyclic N) is 1. The molecule has 3 atom stereocenters. The minimum Gasteiger partial charge on any atom is -0.490 e. The van der Waals surface area contributed by atoms with Crippen molar-refractivity contribution in [2.24, 2.45) is 0 Å². The predicted molar refractivity (Wildman–Crippen MR) is 119 cm³/mol. The van der Waals surface area contributed by atoms with E-state index in [1.165, 1.54) is 26.2 Å². The summed E-state index contributed by atoms with van der Waals surface area (Å²) in [6.07, 6.45) is -0.0173. The second-order valence-electron chi connectivity index (χ2n) is 7.92. The van der Waals surface area contributed by atoms with Gasteiger partial charge in [0.05, 0.1) is 12.7 Å². The minimum absolute atomic E-state index is 0.00314. The van der Waals surface area contributed by atoms with E-state index in [2.05, 4.69) is 15.0 Å². The Morgan fingerprint density at radius 3 is 2.67 bits per heavy atom. The highest BCUT2D eigenvalue weighted by Crippen LogP contribution is 2.20. The van der Waals surface area contributed by atoms with Crippen LogP contribution in [0, 0.1) is 5.82 Å². The minimum atomic E-state index is -0.804. The lowest BCUT2D eigenvalue weighted by atomic mass is 10.1. The fraction of sp³-hybridized carbons (Fsp3) is 0.417. The van der Waals surface area contributed by atoms with Gasteiger partial charge in [-0.2, -0.15) is 0 Å². The van der Waals surface area contributed by atoms with Crippen molar-refractivity contribution in [3.8, 4) is 11.5 Å². The topological polar surface area (TPSA) is 97.3 Å². The Balaban J connectivity index is 1.47.